The molecule has 0 amide bonds. The minimum absolute atomic E-state index is 0.117. The van der Waals surface area contributed by atoms with Crippen molar-refractivity contribution >= 4 is 21.4 Å². The van der Waals surface area contributed by atoms with Crippen molar-refractivity contribution in [2.75, 3.05) is 32.6 Å². The number of thiazole rings is 1. The van der Waals surface area contributed by atoms with Crippen LogP contribution in [-0.2, 0) is 26.0 Å². The van der Waals surface area contributed by atoms with Gasteiger partial charge < -0.3 is 9.47 Å². The third-order valence-corrected chi connectivity index (χ3v) is 8.27. The van der Waals surface area contributed by atoms with Crippen molar-refractivity contribution in [2.45, 2.75) is 116 Å². The van der Waals surface area contributed by atoms with Crippen LogP contribution >= 0.6 is 11.3 Å². The molecule has 200 valence electrons. The second-order valence-corrected chi connectivity index (χ2v) is 12.0. The van der Waals surface area contributed by atoms with Gasteiger partial charge in [-0.2, -0.15) is 4.57 Å². The Morgan fingerprint density at radius 2 is 1.47 bits per heavy atom. The monoisotopic (exact) mass is 519 g/mol. The number of aryl methyl sites for hydroxylation is 1. The first-order chi connectivity index (χ1) is 16.6. The number of nitrogens with zero attached hydrogens (tertiary/aromatic N) is 1. The summed E-state index contributed by atoms with van der Waals surface area (Å²) in [5.41, 5.74) is 1.98. The number of hydrogen-bond donors (Lipinski definition) is 1. The molecule has 34 heavy (non-hydrogen) atoms. The molecule has 1 rings (SSSR count). The highest BCUT2D eigenvalue weighted by Crippen LogP contribution is 2.13. The highest BCUT2D eigenvalue weighted by Gasteiger charge is 2.15. The summed E-state index contributed by atoms with van der Waals surface area (Å²) in [6.07, 6.45) is 21.1. The summed E-state index contributed by atoms with van der Waals surface area (Å²) in [6, 6.07) is 0. The van der Waals surface area contributed by atoms with Crippen LogP contribution in [0.2, 0.25) is 0 Å². The fraction of sp³-hybridized carbons (Fsp3) is 0.885. The molecule has 8 heteroatoms. The predicted molar refractivity (Wildman–Crippen MR) is 143 cm³/mol. The normalized spacial score (nSPS) is 12.9. The minimum Gasteiger partial charge on any atom is -0.379 e. The number of methoxy groups -OCH3 is 1. The summed E-state index contributed by atoms with van der Waals surface area (Å²) in [7, 11) is -1.70. The van der Waals surface area contributed by atoms with Crippen LogP contribution in [0, 0.1) is 0 Å². The van der Waals surface area contributed by atoms with Gasteiger partial charge in [-0.3, -0.25) is 0 Å². The molecule has 0 saturated carbocycles. The molecule has 0 aliphatic rings. The molecular weight excluding hydrogens is 468 g/mol. The van der Waals surface area contributed by atoms with Crippen molar-refractivity contribution in [1.82, 2.24) is 4.72 Å². The van der Waals surface area contributed by atoms with E-state index in [4.69, 9.17) is 9.47 Å². The Morgan fingerprint density at radius 1 is 0.882 bits per heavy atom. The van der Waals surface area contributed by atoms with Gasteiger partial charge in [0.2, 0.25) is 15.5 Å². The highest BCUT2D eigenvalue weighted by atomic mass is 32.2. The molecule has 1 aromatic rings. The third-order valence-electron chi connectivity index (χ3n) is 6.17. The zero-order chi connectivity index (χ0) is 24.7. The highest BCUT2D eigenvalue weighted by molar-refractivity contribution is 7.89. The van der Waals surface area contributed by atoms with E-state index in [2.05, 4.69) is 11.6 Å². The summed E-state index contributed by atoms with van der Waals surface area (Å²) >= 11 is 1.60. The van der Waals surface area contributed by atoms with Gasteiger partial charge in [-0.15, -0.1) is 0 Å². The van der Waals surface area contributed by atoms with E-state index in [1.807, 2.05) is 21.7 Å². The summed E-state index contributed by atoms with van der Waals surface area (Å²) in [5, 5.41) is 1.98. The molecule has 0 saturated heterocycles. The molecule has 1 N–H and O–H groups in total. The third kappa shape index (κ3) is 18.7. The maximum Gasteiger partial charge on any atom is 0.224 e. The van der Waals surface area contributed by atoms with Crippen molar-refractivity contribution in [3.63, 3.8) is 0 Å². The molecule has 0 aliphatic carbocycles. The zero-order valence-electron chi connectivity index (χ0n) is 21.8. The largest absolute Gasteiger partial charge is 0.379 e. The van der Waals surface area contributed by atoms with Crippen LogP contribution in [0.25, 0.3) is 0 Å². The van der Waals surface area contributed by atoms with E-state index in [1.54, 1.807) is 18.4 Å². The fourth-order valence-electron chi connectivity index (χ4n) is 3.94. The maximum atomic E-state index is 12.2. The Hall–Kier alpha value is -0.540. The number of hydrogen-bond acceptors (Lipinski definition) is 5. The smallest absolute Gasteiger partial charge is 0.224 e. The first-order valence-electron chi connectivity index (χ1n) is 13.6. The standard InChI is InChI=1S/C26H51N2O4S2/c1-3-4-5-6-7-8-9-10-11-12-13-14-15-16-20-32-24-26(31-2)23-27-34(29,30)22-17-18-28-19-21-33-25-28/h19,21,25-27H,3-18,20,22-24H2,1-2H3/q+1. The Balaban J connectivity index is 1.90. The number of unbranched alkanes of at least 4 members (excludes halogenated alkanes) is 13. The van der Waals surface area contributed by atoms with Crippen LogP contribution in [0.15, 0.2) is 17.1 Å². The lowest BCUT2D eigenvalue weighted by Crippen LogP contribution is -2.38. The van der Waals surface area contributed by atoms with E-state index in [0.29, 0.717) is 26.2 Å². The van der Waals surface area contributed by atoms with Crippen molar-refractivity contribution in [3.8, 4) is 0 Å². The van der Waals surface area contributed by atoms with Gasteiger partial charge in [-0.25, -0.2) is 13.1 Å². The molecule has 0 spiro atoms. The first kappa shape index (κ1) is 31.5. The summed E-state index contributed by atoms with van der Waals surface area (Å²) < 4.78 is 40.1. The van der Waals surface area contributed by atoms with Gasteiger partial charge in [0.1, 0.15) is 6.54 Å². The quantitative estimate of drug-likeness (QED) is 0.130. The zero-order valence-corrected chi connectivity index (χ0v) is 23.5. The molecular formula is C26H51N2O4S2+. The van der Waals surface area contributed by atoms with Crippen LogP contribution in [0.1, 0.15) is 103 Å². The molecule has 1 unspecified atom stereocenters. The number of sulfonamides is 1. The SMILES string of the molecule is CCCCCCCCCCCCCCCCOCC(CNS(=O)(=O)CCC[n+]1ccsc1)OC. The lowest BCUT2D eigenvalue weighted by atomic mass is 10.0. The van der Waals surface area contributed by atoms with E-state index in [9.17, 15) is 8.42 Å². The fourth-order valence-corrected chi connectivity index (χ4v) is 5.66. The molecule has 0 radical (unpaired) electrons. The molecule has 1 aromatic heterocycles. The van der Waals surface area contributed by atoms with Gasteiger partial charge in [0.15, 0.2) is 6.20 Å². The van der Waals surface area contributed by atoms with E-state index < -0.39 is 10.0 Å². The lowest BCUT2D eigenvalue weighted by Gasteiger charge is -2.16. The molecule has 0 bridgehead atoms. The van der Waals surface area contributed by atoms with E-state index in [1.165, 1.54) is 83.5 Å². The second-order valence-electron chi connectivity index (χ2n) is 9.31. The number of nitrogens with one attached hydrogen (secondary N) is 1. The van der Waals surface area contributed by atoms with Crippen molar-refractivity contribution in [1.29, 1.82) is 0 Å². The molecule has 1 heterocycles. The second kappa shape index (κ2) is 21.7. The van der Waals surface area contributed by atoms with Crippen LogP contribution in [0.5, 0.6) is 0 Å². The van der Waals surface area contributed by atoms with Gasteiger partial charge in [0.25, 0.3) is 0 Å². The van der Waals surface area contributed by atoms with Crippen LogP contribution in [0.3, 0.4) is 0 Å². The topological polar surface area (TPSA) is 68.5 Å². The molecule has 6 nitrogen and oxygen atoms in total. The Labute approximate surface area is 213 Å². The molecule has 1 atom stereocenters. The Kier molecular flexibility index (Phi) is 20.1. The number of rotatable bonds is 25. The van der Waals surface area contributed by atoms with Gasteiger partial charge in [-0.05, 0) is 6.42 Å². The van der Waals surface area contributed by atoms with E-state index in [0.717, 1.165) is 6.42 Å². The van der Waals surface area contributed by atoms with Crippen molar-refractivity contribution < 1.29 is 22.5 Å². The van der Waals surface area contributed by atoms with Crippen LogP contribution in [-0.4, -0.2) is 47.1 Å². The van der Waals surface area contributed by atoms with Gasteiger partial charge in [0.05, 0.1) is 23.8 Å². The summed E-state index contributed by atoms with van der Waals surface area (Å²) in [4.78, 5) is 0. The van der Waals surface area contributed by atoms with Crippen molar-refractivity contribution in [3.05, 3.63) is 17.1 Å². The molecule has 0 aliphatic heterocycles. The number of aromatic nitrogens is 1. The Bertz CT molecular complexity index is 654. The average molecular weight is 520 g/mol. The predicted octanol–water partition coefficient (Wildman–Crippen LogP) is 5.86. The van der Waals surface area contributed by atoms with Crippen molar-refractivity contribution in [2.24, 2.45) is 0 Å². The molecule has 0 aromatic carbocycles. The molecule has 0 fully saturated rings. The summed E-state index contributed by atoms with van der Waals surface area (Å²) in [5.74, 6) is 0.117. The first-order valence-corrected chi connectivity index (χ1v) is 16.2. The van der Waals surface area contributed by atoms with E-state index in [-0.39, 0.29) is 18.4 Å². The maximum absolute atomic E-state index is 12.2. The minimum atomic E-state index is -3.30. The van der Waals surface area contributed by atoms with Crippen LogP contribution < -0.4 is 9.29 Å². The lowest BCUT2D eigenvalue weighted by molar-refractivity contribution is -0.692. The number of ether oxygens (including phenoxy) is 2. The van der Waals surface area contributed by atoms with E-state index >= 15 is 0 Å². The Morgan fingerprint density at radius 3 is 2.00 bits per heavy atom. The average Bonchev–Trinajstić information content (AvgIpc) is 3.34. The van der Waals surface area contributed by atoms with Crippen LogP contribution in [0.4, 0.5) is 0 Å². The van der Waals surface area contributed by atoms with Gasteiger partial charge in [-0.1, -0.05) is 102 Å². The summed E-state index contributed by atoms with van der Waals surface area (Å²) in [6.45, 7) is 4.36. The van der Waals surface area contributed by atoms with Gasteiger partial charge in [0, 0.05) is 26.7 Å². The van der Waals surface area contributed by atoms with Gasteiger partial charge >= 0.3 is 0 Å².